The van der Waals surface area contributed by atoms with Gasteiger partial charge in [0.2, 0.25) is 0 Å². The molecule has 6 heteroatoms. The second-order valence-corrected chi connectivity index (χ2v) is 5.99. The topological polar surface area (TPSA) is 61.8 Å². The van der Waals surface area contributed by atoms with Crippen LogP contribution in [0.3, 0.4) is 0 Å². The van der Waals surface area contributed by atoms with Gasteiger partial charge in [0.15, 0.2) is 5.96 Å². The molecule has 1 atom stereocenters. The molecule has 6 nitrogen and oxygen atoms in total. The number of aliphatic imine (C=N–C) groups is 1. The predicted octanol–water partition coefficient (Wildman–Crippen LogP) is 2.03. The van der Waals surface area contributed by atoms with Crippen LogP contribution in [0.2, 0.25) is 0 Å². The van der Waals surface area contributed by atoms with Gasteiger partial charge < -0.3 is 20.3 Å². The lowest BCUT2D eigenvalue weighted by Crippen LogP contribution is -2.44. The van der Waals surface area contributed by atoms with Crippen molar-refractivity contribution in [2.45, 2.75) is 19.0 Å². The van der Waals surface area contributed by atoms with Crippen LogP contribution in [-0.4, -0.2) is 44.2 Å². The van der Waals surface area contributed by atoms with Gasteiger partial charge in [-0.25, -0.2) is 0 Å². The van der Waals surface area contributed by atoms with E-state index in [4.69, 9.17) is 4.74 Å². The van der Waals surface area contributed by atoms with E-state index in [2.05, 4.69) is 31.6 Å². The Balaban J connectivity index is 1.55. The summed E-state index contributed by atoms with van der Waals surface area (Å²) >= 11 is 0. The SMILES string of the molecule is CN=C(NCc1ccccn1)NC1CCN(c2ccccc2OC)C1. The zero-order valence-electron chi connectivity index (χ0n) is 14.8. The van der Waals surface area contributed by atoms with Gasteiger partial charge in [-0.1, -0.05) is 18.2 Å². The molecule has 0 bridgehead atoms. The van der Waals surface area contributed by atoms with Crippen LogP contribution in [0.1, 0.15) is 12.1 Å². The highest BCUT2D eigenvalue weighted by Gasteiger charge is 2.25. The van der Waals surface area contributed by atoms with Gasteiger partial charge in [0.05, 0.1) is 25.0 Å². The fourth-order valence-electron chi connectivity index (χ4n) is 3.05. The molecule has 3 rings (SSSR count). The van der Waals surface area contributed by atoms with E-state index in [0.717, 1.165) is 42.6 Å². The number of hydrogen-bond acceptors (Lipinski definition) is 4. The molecule has 0 spiro atoms. The van der Waals surface area contributed by atoms with Gasteiger partial charge in [0.25, 0.3) is 0 Å². The number of rotatable bonds is 5. The van der Waals surface area contributed by atoms with E-state index in [-0.39, 0.29) is 0 Å². The summed E-state index contributed by atoms with van der Waals surface area (Å²) in [5, 5.41) is 6.82. The summed E-state index contributed by atoms with van der Waals surface area (Å²) in [7, 11) is 3.51. The van der Waals surface area contributed by atoms with Crippen molar-refractivity contribution in [3.05, 3.63) is 54.4 Å². The predicted molar refractivity (Wildman–Crippen MR) is 101 cm³/mol. The number of guanidine groups is 1. The van der Waals surface area contributed by atoms with Gasteiger partial charge in [0.1, 0.15) is 5.75 Å². The first-order valence-electron chi connectivity index (χ1n) is 8.55. The second-order valence-electron chi connectivity index (χ2n) is 5.99. The molecule has 1 unspecified atom stereocenters. The molecule has 2 heterocycles. The minimum atomic E-state index is 0.347. The summed E-state index contributed by atoms with van der Waals surface area (Å²) in [5.74, 6) is 1.72. The Morgan fingerprint density at radius 3 is 2.88 bits per heavy atom. The maximum atomic E-state index is 5.48. The smallest absolute Gasteiger partial charge is 0.191 e. The number of methoxy groups -OCH3 is 1. The van der Waals surface area contributed by atoms with Crippen molar-refractivity contribution in [2.24, 2.45) is 4.99 Å². The van der Waals surface area contributed by atoms with Gasteiger partial charge in [-0.15, -0.1) is 0 Å². The molecular weight excluding hydrogens is 314 g/mol. The van der Waals surface area contributed by atoms with E-state index in [0.29, 0.717) is 12.6 Å². The fraction of sp³-hybridized carbons (Fsp3) is 0.368. The summed E-state index contributed by atoms with van der Waals surface area (Å²) in [6.07, 6.45) is 2.86. The number of para-hydroxylation sites is 2. The lowest BCUT2D eigenvalue weighted by Gasteiger charge is -2.22. The summed E-state index contributed by atoms with van der Waals surface area (Å²) in [4.78, 5) is 11.0. The van der Waals surface area contributed by atoms with Crippen LogP contribution >= 0.6 is 0 Å². The van der Waals surface area contributed by atoms with Crippen molar-refractivity contribution in [1.29, 1.82) is 0 Å². The average molecular weight is 339 g/mol. The normalized spacial score (nSPS) is 17.4. The lowest BCUT2D eigenvalue weighted by atomic mass is 10.2. The third kappa shape index (κ3) is 4.41. The van der Waals surface area contributed by atoms with Crippen LogP contribution in [0.15, 0.2) is 53.7 Å². The highest BCUT2D eigenvalue weighted by atomic mass is 16.5. The van der Waals surface area contributed by atoms with Crippen LogP contribution in [0.25, 0.3) is 0 Å². The molecule has 2 N–H and O–H groups in total. The van der Waals surface area contributed by atoms with E-state index in [1.165, 1.54) is 0 Å². The molecule has 1 aliphatic heterocycles. The van der Waals surface area contributed by atoms with Gasteiger partial charge >= 0.3 is 0 Å². The van der Waals surface area contributed by atoms with Crippen molar-refractivity contribution in [2.75, 3.05) is 32.1 Å². The van der Waals surface area contributed by atoms with Crippen molar-refractivity contribution in [3.8, 4) is 5.75 Å². The molecule has 0 saturated carbocycles. The Bertz CT molecular complexity index is 704. The van der Waals surface area contributed by atoms with Gasteiger partial charge in [0, 0.05) is 32.4 Å². The van der Waals surface area contributed by atoms with Gasteiger partial charge in [-0.2, -0.15) is 0 Å². The number of anilines is 1. The first-order chi connectivity index (χ1) is 12.3. The Labute approximate surface area is 148 Å². The van der Waals surface area contributed by atoms with Crippen LogP contribution in [0, 0.1) is 0 Å². The van der Waals surface area contributed by atoms with Crippen molar-refractivity contribution in [3.63, 3.8) is 0 Å². The number of nitrogens with one attached hydrogen (secondary N) is 2. The van der Waals surface area contributed by atoms with E-state index in [1.54, 1.807) is 20.4 Å². The Kier molecular flexibility index (Phi) is 5.72. The first-order valence-corrected chi connectivity index (χ1v) is 8.55. The maximum absolute atomic E-state index is 5.48. The van der Waals surface area contributed by atoms with Crippen molar-refractivity contribution < 1.29 is 4.74 Å². The number of ether oxygens (including phenoxy) is 1. The Morgan fingerprint density at radius 1 is 1.28 bits per heavy atom. The fourth-order valence-corrected chi connectivity index (χ4v) is 3.05. The molecule has 2 aromatic rings. The second kappa shape index (κ2) is 8.37. The summed E-state index contributed by atoms with van der Waals surface area (Å²) in [5.41, 5.74) is 2.14. The quantitative estimate of drug-likeness (QED) is 0.645. The van der Waals surface area contributed by atoms with Crippen LogP contribution < -0.4 is 20.3 Å². The lowest BCUT2D eigenvalue weighted by molar-refractivity contribution is 0.415. The molecule has 0 amide bonds. The molecule has 0 aliphatic carbocycles. The highest BCUT2D eigenvalue weighted by molar-refractivity contribution is 5.80. The molecule has 1 aromatic carbocycles. The van der Waals surface area contributed by atoms with Gasteiger partial charge in [-0.05, 0) is 30.7 Å². The summed E-state index contributed by atoms with van der Waals surface area (Å²) in [6, 6.07) is 14.4. The van der Waals surface area contributed by atoms with Crippen molar-refractivity contribution >= 4 is 11.6 Å². The Hall–Kier alpha value is -2.76. The number of aromatic nitrogens is 1. The number of hydrogen-bond donors (Lipinski definition) is 2. The molecule has 1 fully saturated rings. The van der Waals surface area contributed by atoms with Crippen molar-refractivity contribution in [1.82, 2.24) is 15.6 Å². The third-order valence-corrected chi connectivity index (χ3v) is 4.34. The van der Waals surface area contributed by atoms with E-state index < -0.39 is 0 Å². The molecule has 1 aliphatic rings. The molecule has 25 heavy (non-hydrogen) atoms. The zero-order chi connectivity index (χ0) is 17.5. The van der Waals surface area contributed by atoms with Crippen LogP contribution in [-0.2, 0) is 6.54 Å². The van der Waals surface area contributed by atoms with E-state index >= 15 is 0 Å². The number of nitrogens with zero attached hydrogens (tertiary/aromatic N) is 3. The van der Waals surface area contributed by atoms with Crippen LogP contribution in [0.5, 0.6) is 5.75 Å². The molecule has 0 radical (unpaired) electrons. The molecule has 1 aromatic heterocycles. The minimum absolute atomic E-state index is 0.347. The number of benzene rings is 1. The first kappa shape index (κ1) is 17.1. The highest BCUT2D eigenvalue weighted by Crippen LogP contribution is 2.30. The summed E-state index contributed by atoms with van der Waals surface area (Å²) < 4.78 is 5.48. The van der Waals surface area contributed by atoms with E-state index in [1.807, 2.05) is 36.4 Å². The zero-order valence-corrected chi connectivity index (χ0v) is 14.8. The average Bonchev–Trinajstić information content (AvgIpc) is 3.14. The number of pyridine rings is 1. The largest absolute Gasteiger partial charge is 0.495 e. The van der Waals surface area contributed by atoms with Gasteiger partial charge in [-0.3, -0.25) is 9.98 Å². The molecule has 1 saturated heterocycles. The third-order valence-electron chi connectivity index (χ3n) is 4.34. The molecular formula is C19H25N5O. The van der Waals surface area contributed by atoms with E-state index in [9.17, 15) is 0 Å². The monoisotopic (exact) mass is 339 g/mol. The Morgan fingerprint density at radius 2 is 2.12 bits per heavy atom. The summed E-state index contributed by atoms with van der Waals surface area (Å²) in [6.45, 7) is 2.57. The molecule has 132 valence electrons. The standard InChI is InChI=1S/C19H25N5O/c1-20-19(22-13-15-7-5-6-11-21-15)23-16-10-12-24(14-16)17-8-3-4-9-18(17)25-2/h3-9,11,16H,10,12-14H2,1-2H3,(H2,20,22,23). The maximum Gasteiger partial charge on any atom is 0.191 e. The minimum Gasteiger partial charge on any atom is -0.495 e. The van der Waals surface area contributed by atoms with Crippen LogP contribution in [0.4, 0.5) is 5.69 Å².